The number of benzene rings is 1. The number of hydrogen-bond acceptors (Lipinski definition) is 5. The van der Waals surface area contributed by atoms with E-state index in [-0.39, 0.29) is 23.8 Å². The number of nitrogens with zero attached hydrogens (tertiary/aromatic N) is 2. The lowest BCUT2D eigenvalue weighted by atomic mass is 9.99. The Labute approximate surface area is 177 Å². The van der Waals surface area contributed by atoms with Crippen LogP contribution in [0.15, 0.2) is 30.6 Å². The lowest BCUT2D eigenvalue weighted by molar-refractivity contribution is -0.137. The van der Waals surface area contributed by atoms with Crippen LogP contribution in [-0.4, -0.2) is 45.5 Å². The number of fused-ring (bicyclic) bond motifs is 1. The fraction of sp³-hybridized carbons (Fsp3) is 0.429. The van der Waals surface area contributed by atoms with Crippen molar-refractivity contribution in [2.45, 2.75) is 37.4 Å². The summed E-state index contributed by atoms with van der Waals surface area (Å²) in [4.78, 5) is 11.1. The number of aromatic amines is 1. The molecule has 0 spiro atoms. The van der Waals surface area contributed by atoms with E-state index >= 15 is 0 Å². The third-order valence-electron chi connectivity index (χ3n) is 5.86. The normalized spacial score (nSPS) is 16.7. The molecule has 0 atom stereocenters. The minimum atomic E-state index is -4.65. The molecule has 31 heavy (non-hydrogen) atoms. The van der Waals surface area contributed by atoms with Crippen molar-refractivity contribution >= 4 is 29.3 Å². The minimum absolute atomic E-state index is 0.0427. The van der Waals surface area contributed by atoms with Crippen LogP contribution in [0, 0.1) is 0 Å². The predicted octanol–water partition coefficient (Wildman–Crippen LogP) is 4.61. The first kappa shape index (κ1) is 21.8. The van der Waals surface area contributed by atoms with Crippen molar-refractivity contribution in [3.8, 4) is 11.3 Å². The summed E-state index contributed by atoms with van der Waals surface area (Å²) in [6.07, 6.45) is 0.812. The second-order valence-electron chi connectivity index (χ2n) is 8.48. The van der Waals surface area contributed by atoms with Crippen molar-refractivity contribution in [3.63, 3.8) is 0 Å². The number of rotatable bonds is 5. The highest BCUT2D eigenvalue weighted by molar-refractivity contribution is 7.70. The van der Waals surface area contributed by atoms with Crippen LogP contribution < -0.4 is 10.6 Å². The first-order valence-corrected chi connectivity index (χ1v) is 12.6. The van der Waals surface area contributed by atoms with Crippen molar-refractivity contribution in [1.82, 2.24) is 15.0 Å². The van der Waals surface area contributed by atoms with Crippen molar-refractivity contribution < 1.29 is 22.8 Å². The van der Waals surface area contributed by atoms with Gasteiger partial charge < -0.3 is 20.0 Å². The van der Waals surface area contributed by atoms with Gasteiger partial charge in [0.1, 0.15) is 12.7 Å². The van der Waals surface area contributed by atoms with Gasteiger partial charge >= 0.3 is 6.18 Å². The molecule has 0 bridgehead atoms. The lowest BCUT2D eigenvalue weighted by Gasteiger charge is -2.28. The molecule has 0 radical (unpaired) electrons. The zero-order valence-corrected chi connectivity index (χ0v) is 18.1. The highest BCUT2D eigenvalue weighted by Gasteiger charge is 2.38. The number of hydrogen-bond donors (Lipinski definition) is 3. The van der Waals surface area contributed by atoms with Crippen LogP contribution in [0.25, 0.3) is 22.2 Å². The maximum Gasteiger partial charge on any atom is 0.419 e. The van der Waals surface area contributed by atoms with Crippen LogP contribution in [-0.2, 0) is 10.7 Å². The molecule has 6 nitrogen and oxygen atoms in total. The molecule has 166 valence electrons. The number of halogens is 3. The maximum absolute atomic E-state index is 13.8. The molecule has 2 heterocycles. The monoisotopic (exact) mass is 452 g/mol. The van der Waals surface area contributed by atoms with E-state index in [0.717, 1.165) is 19.0 Å². The maximum atomic E-state index is 13.8. The molecular weight excluding hydrogens is 428 g/mol. The van der Waals surface area contributed by atoms with Crippen molar-refractivity contribution in [1.29, 1.82) is 0 Å². The van der Waals surface area contributed by atoms with E-state index < -0.39 is 24.4 Å². The predicted molar refractivity (Wildman–Crippen MR) is 115 cm³/mol. The van der Waals surface area contributed by atoms with Gasteiger partial charge in [-0.1, -0.05) is 25.0 Å². The third-order valence-corrected chi connectivity index (χ3v) is 7.40. The average molecular weight is 452 g/mol. The number of anilines is 1. The molecule has 0 aliphatic heterocycles. The van der Waals surface area contributed by atoms with Crippen LogP contribution in [0.2, 0.25) is 0 Å². The van der Waals surface area contributed by atoms with E-state index in [2.05, 4.69) is 20.3 Å². The summed E-state index contributed by atoms with van der Waals surface area (Å²) in [6.45, 7) is 3.09. The Kier molecular flexibility index (Phi) is 5.38. The van der Waals surface area contributed by atoms with E-state index in [1.54, 1.807) is 31.5 Å². The second kappa shape index (κ2) is 7.64. The number of alkyl halides is 3. The number of aliphatic hydroxyl groups excluding tert-OH is 1. The molecule has 1 aliphatic rings. The van der Waals surface area contributed by atoms with Gasteiger partial charge in [0.05, 0.1) is 23.4 Å². The van der Waals surface area contributed by atoms with Gasteiger partial charge in [-0.25, -0.2) is 9.97 Å². The van der Waals surface area contributed by atoms with Crippen LogP contribution in [0.1, 0.15) is 31.2 Å². The molecule has 0 saturated heterocycles. The molecule has 1 fully saturated rings. The van der Waals surface area contributed by atoms with Gasteiger partial charge in [-0.2, -0.15) is 13.2 Å². The Bertz CT molecular complexity index is 1160. The quantitative estimate of drug-likeness (QED) is 0.492. The molecule has 3 N–H and O–H groups in total. The third kappa shape index (κ3) is 4.08. The Balaban J connectivity index is 1.88. The number of aromatic nitrogens is 3. The first-order chi connectivity index (χ1) is 14.5. The summed E-state index contributed by atoms with van der Waals surface area (Å²) in [7, 11) is -2.66. The summed E-state index contributed by atoms with van der Waals surface area (Å²) < 4.78 is 54.0. The molecule has 1 aliphatic carbocycles. The molecule has 10 heteroatoms. The Morgan fingerprint density at radius 2 is 1.97 bits per heavy atom. The molecular formula is C21H24F3N4O2P. The second-order valence-corrected chi connectivity index (χ2v) is 11.7. The minimum Gasteiger partial charge on any atom is -0.394 e. The molecule has 3 aromatic rings. The number of H-pyrrole nitrogens is 1. The van der Waals surface area contributed by atoms with E-state index in [4.69, 9.17) is 0 Å². The van der Waals surface area contributed by atoms with Crippen LogP contribution in [0.3, 0.4) is 0 Å². The molecule has 0 unspecified atom stereocenters. The lowest BCUT2D eigenvalue weighted by Crippen LogP contribution is -2.39. The van der Waals surface area contributed by atoms with Crippen molar-refractivity contribution in [2.75, 3.05) is 25.3 Å². The van der Waals surface area contributed by atoms with Crippen molar-refractivity contribution in [2.24, 2.45) is 0 Å². The summed E-state index contributed by atoms with van der Waals surface area (Å²) in [5.41, 5.74) is -1.05. The molecule has 4 rings (SSSR count). The highest BCUT2D eigenvalue weighted by atomic mass is 31.2. The smallest absolute Gasteiger partial charge is 0.394 e. The van der Waals surface area contributed by atoms with E-state index in [9.17, 15) is 22.8 Å². The number of para-hydroxylation sites is 1. The van der Waals surface area contributed by atoms with E-state index in [1.807, 2.05) is 0 Å². The first-order valence-electron chi connectivity index (χ1n) is 10.0. The number of aliphatic hydroxyl groups is 1. The van der Waals surface area contributed by atoms with Crippen molar-refractivity contribution in [3.05, 3.63) is 36.2 Å². The summed E-state index contributed by atoms with van der Waals surface area (Å²) >= 11 is 0. The zero-order valence-electron chi connectivity index (χ0n) is 17.3. The van der Waals surface area contributed by atoms with Gasteiger partial charge in [0.2, 0.25) is 5.95 Å². The molecule has 0 amide bonds. The van der Waals surface area contributed by atoms with E-state index in [1.165, 1.54) is 6.20 Å². The molecule has 1 aromatic carbocycles. The Morgan fingerprint density at radius 1 is 1.26 bits per heavy atom. The number of nitrogens with one attached hydrogen (secondary N) is 2. The van der Waals surface area contributed by atoms with Crippen LogP contribution >= 0.6 is 7.14 Å². The average Bonchev–Trinajstić information content (AvgIpc) is 3.33. The van der Waals surface area contributed by atoms with Gasteiger partial charge in [-0.3, -0.25) is 0 Å². The Hall–Kier alpha value is -2.38. The van der Waals surface area contributed by atoms with Gasteiger partial charge in [-0.15, -0.1) is 0 Å². The topological polar surface area (TPSA) is 90.9 Å². The summed E-state index contributed by atoms with van der Waals surface area (Å²) in [5.74, 6) is 0.0427. The van der Waals surface area contributed by atoms with Crippen LogP contribution in [0.5, 0.6) is 0 Å². The van der Waals surface area contributed by atoms with E-state index in [0.29, 0.717) is 29.0 Å². The largest absolute Gasteiger partial charge is 0.419 e. The highest BCUT2D eigenvalue weighted by Crippen LogP contribution is 2.42. The van der Waals surface area contributed by atoms with Gasteiger partial charge in [-0.05, 0) is 32.2 Å². The fourth-order valence-corrected chi connectivity index (χ4v) is 5.42. The zero-order chi connectivity index (χ0) is 22.4. The molecule has 2 aromatic heterocycles. The van der Waals surface area contributed by atoms with Gasteiger partial charge in [0, 0.05) is 28.6 Å². The molecule has 1 saturated carbocycles. The summed E-state index contributed by atoms with van der Waals surface area (Å²) in [5, 5.41) is 14.0. The SMILES string of the molecule is CP(C)(=O)c1cccc2c(-c3nc(NC4(CO)CCCC4)ncc3C(F)(F)F)c[nH]c12. The fourth-order valence-electron chi connectivity index (χ4n) is 4.25. The Morgan fingerprint density at radius 3 is 2.58 bits per heavy atom. The standard InChI is InChI=1S/C21H24F3N4O2P/c1-31(2,30)16-7-5-6-13-14(10-25-18(13)16)17-15(21(22,23)24)11-26-19(27-17)28-20(12-29)8-3-4-9-20/h5-7,10-11,25,29H,3-4,8-9,12H2,1-2H3,(H,26,27,28). The van der Waals surface area contributed by atoms with Crippen LogP contribution in [0.4, 0.5) is 19.1 Å². The summed E-state index contributed by atoms with van der Waals surface area (Å²) in [6, 6.07) is 5.08. The van der Waals surface area contributed by atoms with Gasteiger partial charge in [0.25, 0.3) is 0 Å². The van der Waals surface area contributed by atoms with Gasteiger partial charge in [0.15, 0.2) is 0 Å².